The van der Waals surface area contributed by atoms with Crippen molar-refractivity contribution in [1.82, 2.24) is 20.3 Å². The lowest BCUT2D eigenvalue weighted by Crippen LogP contribution is -2.36. The number of nitrogens with two attached hydrogens (primary N) is 1. The van der Waals surface area contributed by atoms with Gasteiger partial charge in [0.05, 0.1) is 18.4 Å². The van der Waals surface area contributed by atoms with Gasteiger partial charge >= 0.3 is 0 Å². The summed E-state index contributed by atoms with van der Waals surface area (Å²) in [6.07, 6.45) is 7.08. The average molecular weight is 512 g/mol. The normalized spacial score (nSPS) is 13.9. The highest BCUT2D eigenvalue weighted by molar-refractivity contribution is 6.16. The molecule has 6 N–H and O–H groups in total. The number of aryl methyl sites for hydroxylation is 1. The first-order valence-corrected chi connectivity index (χ1v) is 13.0. The van der Waals surface area contributed by atoms with Crippen molar-refractivity contribution in [1.29, 1.82) is 5.41 Å². The van der Waals surface area contributed by atoms with Crippen molar-refractivity contribution < 1.29 is 9.53 Å². The molecule has 0 bridgehead atoms. The minimum atomic E-state index is 0.124. The summed E-state index contributed by atoms with van der Waals surface area (Å²) in [7, 11) is 1.62. The molecule has 0 atom stereocenters. The lowest BCUT2D eigenvalue weighted by molar-refractivity contribution is 0.0980. The minimum absolute atomic E-state index is 0.124. The van der Waals surface area contributed by atoms with Gasteiger partial charge in [-0.1, -0.05) is 12.1 Å². The van der Waals surface area contributed by atoms with Crippen molar-refractivity contribution in [3.63, 3.8) is 0 Å². The van der Waals surface area contributed by atoms with Crippen molar-refractivity contribution in [2.24, 2.45) is 0 Å². The van der Waals surface area contributed by atoms with Gasteiger partial charge in [-0.15, -0.1) is 0 Å². The van der Waals surface area contributed by atoms with Crippen LogP contribution < -0.4 is 21.1 Å². The lowest BCUT2D eigenvalue weighted by Gasteiger charge is -2.25. The van der Waals surface area contributed by atoms with Gasteiger partial charge in [0.15, 0.2) is 5.78 Å². The molecule has 0 saturated carbocycles. The molecule has 1 saturated heterocycles. The summed E-state index contributed by atoms with van der Waals surface area (Å²) in [4.78, 5) is 24.5. The van der Waals surface area contributed by atoms with E-state index in [1.54, 1.807) is 7.11 Å². The van der Waals surface area contributed by atoms with Gasteiger partial charge < -0.3 is 26.1 Å². The Bertz CT molecular complexity index is 1460. The molecule has 1 fully saturated rings. The van der Waals surface area contributed by atoms with Gasteiger partial charge in [0.25, 0.3) is 0 Å². The van der Waals surface area contributed by atoms with E-state index in [1.165, 1.54) is 6.33 Å². The maximum Gasteiger partial charge on any atom is 0.162 e. The number of carbonyl (C=O) groups excluding carboxylic acids is 1. The van der Waals surface area contributed by atoms with Gasteiger partial charge in [-0.05, 0) is 74.7 Å². The summed E-state index contributed by atoms with van der Waals surface area (Å²) in [6.45, 7) is 1.88. The van der Waals surface area contributed by atoms with Gasteiger partial charge in [-0.25, -0.2) is 9.97 Å². The smallest absolute Gasteiger partial charge is 0.162 e. The fourth-order valence-corrected chi connectivity index (χ4v) is 4.98. The van der Waals surface area contributed by atoms with Gasteiger partial charge in [0.2, 0.25) is 0 Å². The molecule has 1 aliphatic heterocycles. The number of carbonyl (C=O) groups is 1. The molecule has 0 radical (unpaired) electrons. The maximum absolute atomic E-state index is 12.8. The van der Waals surface area contributed by atoms with E-state index >= 15 is 0 Å². The van der Waals surface area contributed by atoms with Crippen LogP contribution in [-0.4, -0.2) is 52.7 Å². The second-order valence-electron chi connectivity index (χ2n) is 9.61. The molecule has 4 aromatic rings. The summed E-state index contributed by atoms with van der Waals surface area (Å²) in [5, 5.41) is 16.8. The van der Waals surface area contributed by atoms with Crippen LogP contribution >= 0.6 is 0 Å². The van der Waals surface area contributed by atoms with Crippen LogP contribution in [0.3, 0.4) is 0 Å². The summed E-state index contributed by atoms with van der Waals surface area (Å²) < 4.78 is 5.67. The molecule has 38 heavy (non-hydrogen) atoms. The second kappa shape index (κ2) is 11.4. The zero-order valence-electron chi connectivity index (χ0n) is 21.5. The third-order valence-corrected chi connectivity index (χ3v) is 7.11. The van der Waals surface area contributed by atoms with Crippen LogP contribution in [0.2, 0.25) is 0 Å². The van der Waals surface area contributed by atoms with Gasteiger partial charge in [0.1, 0.15) is 23.7 Å². The number of H-pyrrole nitrogens is 1. The zero-order chi connectivity index (χ0) is 26.5. The Labute approximate surface area is 221 Å². The molecule has 5 rings (SSSR count). The van der Waals surface area contributed by atoms with Crippen LogP contribution in [0, 0.1) is 5.41 Å². The van der Waals surface area contributed by atoms with Gasteiger partial charge in [-0.2, -0.15) is 0 Å². The molecular formula is C29H33N7O2. The number of fused-ring (bicyclic) bond motifs is 1. The van der Waals surface area contributed by atoms with Crippen LogP contribution in [0.25, 0.3) is 10.9 Å². The Morgan fingerprint density at radius 2 is 1.95 bits per heavy atom. The summed E-state index contributed by atoms with van der Waals surface area (Å²) in [6, 6.07) is 13.7. The first-order valence-electron chi connectivity index (χ1n) is 13.0. The summed E-state index contributed by atoms with van der Waals surface area (Å²) >= 11 is 0. The molecule has 2 aromatic heterocycles. The van der Waals surface area contributed by atoms with E-state index in [-0.39, 0.29) is 23.4 Å². The zero-order valence-corrected chi connectivity index (χ0v) is 21.5. The van der Waals surface area contributed by atoms with E-state index in [4.69, 9.17) is 15.9 Å². The fraction of sp³-hybridized carbons (Fsp3) is 0.310. The Hall–Kier alpha value is -4.24. The Balaban J connectivity index is 1.27. The van der Waals surface area contributed by atoms with Crippen LogP contribution in [-0.2, 0) is 6.42 Å². The largest absolute Gasteiger partial charge is 0.496 e. The number of nitrogen functional groups attached to an aromatic ring is 1. The topological polar surface area (TPSA) is 142 Å². The highest BCUT2D eigenvalue weighted by atomic mass is 16.5. The van der Waals surface area contributed by atoms with E-state index in [0.29, 0.717) is 42.0 Å². The summed E-state index contributed by atoms with van der Waals surface area (Å²) in [5.74, 6) is 1.64. The average Bonchev–Trinajstić information content (AvgIpc) is 3.41. The van der Waals surface area contributed by atoms with Crippen molar-refractivity contribution in [2.75, 3.05) is 31.2 Å². The maximum atomic E-state index is 12.8. The first kappa shape index (κ1) is 25.4. The monoisotopic (exact) mass is 511 g/mol. The van der Waals surface area contributed by atoms with E-state index in [2.05, 4.69) is 25.6 Å². The highest BCUT2D eigenvalue weighted by Gasteiger charge is 2.21. The molecule has 0 aliphatic carbocycles. The number of ketones is 1. The van der Waals surface area contributed by atoms with E-state index in [1.807, 2.05) is 48.7 Å². The number of piperidine rings is 1. The number of hydrogen-bond acceptors (Lipinski definition) is 8. The Morgan fingerprint density at radius 3 is 2.76 bits per heavy atom. The number of ether oxygens (including phenoxy) is 1. The third kappa shape index (κ3) is 5.52. The van der Waals surface area contributed by atoms with Gasteiger partial charge in [0, 0.05) is 40.7 Å². The van der Waals surface area contributed by atoms with Crippen LogP contribution in [0.5, 0.6) is 5.75 Å². The molecule has 3 heterocycles. The highest BCUT2D eigenvalue weighted by Crippen LogP contribution is 2.28. The van der Waals surface area contributed by atoms with E-state index in [0.717, 1.165) is 48.0 Å². The minimum Gasteiger partial charge on any atom is -0.496 e. The number of nitrogens with one attached hydrogen (secondary N) is 4. The molecule has 0 amide bonds. The number of aromatic amines is 1. The van der Waals surface area contributed by atoms with Crippen molar-refractivity contribution >= 4 is 34.0 Å². The number of nitrogens with zero attached hydrogens (tertiary/aromatic N) is 2. The number of Topliss-reactive ketones (excluding diaryl/α,β-unsaturated/α-hetero) is 1. The molecular weight excluding hydrogens is 478 g/mol. The predicted octanol–water partition coefficient (Wildman–Crippen LogP) is 4.33. The molecule has 1 aliphatic rings. The third-order valence-electron chi connectivity index (χ3n) is 7.11. The number of anilines is 2. The molecule has 0 unspecified atom stereocenters. The number of benzene rings is 2. The SMILES string of the molecule is COc1cc(C(=N)c2c(N)ncnc2NC2CCNCC2)ccc1CCCC(=O)c1ccc2[nH]ccc2c1. The van der Waals surface area contributed by atoms with Crippen molar-refractivity contribution in [3.8, 4) is 5.75 Å². The van der Waals surface area contributed by atoms with Crippen LogP contribution in [0.15, 0.2) is 55.0 Å². The fourth-order valence-electron chi connectivity index (χ4n) is 4.98. The van der Waals surface area contributed by atoms with E-state index in [9.17, 15) is 4.79 Å². The molecule has 9 nitrogen and oxygen atoms in total. The molecule has 2 aromatic carbocycles. The second-order valence-corrected chi connectivity index (χ2v) is 9.61. The van der Waals surface area contributed by atoms with Crippen LogP contribution in [0.1, 0.15) is 52.7 Å². The Morgan fingerprint density at radius 1 is 1.13 bits per heavy atom. The number of rotatable bonds is 10. The van der Waals surface area contributed by atoms with Crippen molar-refractivity contribution in [2.45, 2.75) is 38.1 Å². The number of methoxy groups -OCH3 is 1. The predicted molar refractivity (Wildman–Crippen MR) is 150 cm³/mol. The van der Waals surface area contributed by atoms with Crippen molar-refractivity contribution in [3.05, 3.63) is 77.2 Å². The first-order chi connectivity index (χ1) is 18.5. The standard InChI is InChI=1S/C29H33N7O2/c1-38-25-16-21(27(30)26-28(31)34-17-35-29(26)36-22-10-12-32-13-11-22)6-5-18(25)3-2-4-24(37)20-7-8-23-19(15-20)9-14-33-23/h5-9,14-17,22,30,32-33H,2-4,10-13H2,1H3,(H3,31,34,35,36). The molecule has 9 heteroatoms. The van der Waals surface area contributed by atoms with E-state index < -0.39 is 0 Å². The quantitative estimate of drug-likeness (QED) is 0.158. The number of aromatic nitrogens is 3. The van der Waals surface area contributed by atoms with Crippen LogP contribution in [0.4, 0.5) is 11.6 Å². The molecule has 0 spiro atoms. The number of hydrogen-bond donors (Lipinski definition) is 5. The molecule has 196 valence electrons. The summed E-state index contributed by atoms with van der Waals surface area (Å²) in [5.41, 5.74) is 10.4. The van der Waals surface area contributed by atoms with Gasteiger partial charge in [-0.3, -0.25) is 10.2 Å². The lowest BCUT2D eigenvalue weighted by atomic mass is 9.97. The Kier molecular flexibility index (Phi) is 7.65.